The Hall–Kier alpha value is -3.65. The zero-order valence-corrected chi connectivity index (χ0v) is 15.6. The lowest BCUT2D eigenvalue weighted by atomic mass is 9.86. The van der Waals surface area contributed by atoms with Crippen molar-refractivity contribution in [2.24, 2.45) is 0 Å². The molecule has 0 amide bonds. The molecule has 0 unspecified atom stereocenters. The van der Waals surface area contributed by atoms with Gasteiger partial charge in [0.25, 0.3) is 0 Å². The minimum absolute atomic E-state index is 0.338. The molecule has 2 heteroatoms. The lowest BCUT2D eigenvalue weighted by Gasteiger charge is -2.18. The van der Waals surface area contributed by atoms with Crippen molar-refractivity contribution in [2.75, 3.05) is 7.11 Å². The van der Waals surface area contributed by atoms with Crippen molar-refractivity contribution >= 4 is 5.97 Å². The van der Waals surface area contributed by atoms with E-state index in [9.17, 15) is 4.79 Å². The van der Waals surface area contributed by atoms with Crippen LogP contribution in [-0.2, 0) is 4.74 Å². The molecule has 0 bridgehead atoms. The van der Waals surface area contributed by atoms with E-state index < -0.39 is 0 Å². The van der Waals surface area contributed by atoms with E-state index in [2.05, 4.69) is 18.2 Å². The smallest absolute Gasteiger partial charge is 0.339 e. The predicted octanol–water partition coefficient (Wildman–Crippen LogP) is 6.47. The van der Waals surface area contributed by atoms with Crippen molar-refractivity contribution in [3.05, 3.63) is 109 Å². The zero-order valence-electron chi connectivity index (χ0n) is 15.6. The van der Waals surface area contributed by atoms with Crippen LogP contribution in [0, 0.1) is 0 Å². The maximum Gasteiger partial charge on any atom is 0.339 e. The normalized spacial score (nSPS) is 10.5. The van der Waals surface area contributed by atoms with Crippen molar-refractivity contribution in [2.45, 2.75) is 0 Å². The van der Waals surface area contributed by atoms with Crippen molar-refractivity contribution in [3.8, 4) is 33.4 Å². The first-order valence-electron chi connectivity index (χ1n) is 9.21. The van der Waals surface area contributed by atoms with Gasteiger partial charge in [-0.15, -0.1) is 0 Å². The van der Waals surface area contributed by atoms with Crippen molar-refractivity contribution < 1.29 is 9.53 Å². The van der Waals surface area contributed by atoms with Crippen LogP contribution in [0.25, 0.3) is 33.4 Å². The number of hydrogen-bond donors (Lipinski definition) is 0. The molecule has 0 aliphatic heterocycles. The van der Waals surface area contributed by atoms with Crippen LogP contribution in [0.5, 0.6) is 0 Å². The Morgan fingerprint density at radius 3 is 1.50 bits per heavy atom. The van der Waals surface area contributed by atoms with E-state index in [1.54, 1.807) is 0 Å². The van der Waals surface area contributed by atoms with E-state index in [0.29, 0.717) is 5.56 Å². The number of carbonyl (C=O) groups excluding carboxylic acids is 1. The summed E-state index contributed by atoms with van der Waals surface area (Å²) in [5, 5.41) is 0. The third-order valence-corrected chi connectivity index (χ3v) is 4.83. The number of methoxy groups -OCH3 is 1. The summed E-state index contributed by atoms with van der Waals surface area (Å²) in [5.41, 5.74) is 6.38. The topological polar surface area (TPSA) is 26.3 Å². The summed E-state index contributed by atoms with van der Waals surface area (Å²) in [6.07, 6.45) is 0. The first-order valence-corrected chi connectivity index (χ1v) is 9.21. The largest absolute Gasteiger partial charge is 0.465 e. The number of benzene rings is 4. The standard InChI is InChI=1S/C26H20O2/c1-28-26(27)25-23(20-13-7-3-8-14-20)18-17-22(19-11-5-2-6-12-19)24(25)21-15-9-4-10-16-21/h2-18H,1H3. The van der Waals surface area contributed by atoms with E-state index >= 15 is 0 Å². The fourth-order valence-electron chi connectivity index (χ4n) is 3.54. The van der Waals surface area contributed by atoms with Crippen LogP contribution >= 0.6 is 0 Å². The fourth-order valence-corrected chi connectivity index (χ4v) is 3.54. The molecule has 0 fully saturated rings. The summed E-state index contributed by atoms with van der Waals surface area (Å²) in [6.45, 7) is 0. The Labute approximate surface area is 165 Å². The van der Waals surface area contributed by atoms with Gasteiger partial charge in [0.05, 0.1) is 12.7 Å². The summed E-state index contributed by atoms with van der Waals surface area (Å²) < 4.78 is 5.21. The summed E-state index contributed by atoms with van der Waals surface area (Å²) in [5.74, 6) is -0.338. The third-order valence-electron chi connectivity index (χ3n) is 4.83. The van der Waals surface area contributed by atoms with Crippen molar-refractivity contribution in [1.82, 2.24) is 0 Å². The highest BCUT2D eigenvalue weighted by Crippen LogP contribution is 2.40. The fraction of sp³-hybridized carbons (Fsp3) is 0.0385. The molecule has 4 aromatic carbocycles. The molecule has 0 spiro atoms. The van der Waals surface area contributed by atoms with Crippen LogP contribution in [-0.4, -0.2) is 13.1 Å². The highest BCUT2D eigenvalue weighted by atomic mass is 16.5. The molecular weight excluding hydrogens is 344 g/mol. The minimum Gasteiger partial charge on any atom is -0.465 e. The van der Waals surface area contributed by atoms with Gasteiger partial charge in [-0.05, 0) is 27.8 Å². The summed E-state index contributed by atoms with van der Waals surface area (Å²) in [6, 6.07) is 34.2. The Morgan fingerprint density at radius 2 is 1.00 bits per heavy atom. The Balaban J connectivity index is 2.09. The zero-order chi connectivity index (χ0) is 19.3. The predicted molar refractivity (Wildman–Crippen MR) is 114 cm³/mol. The molecule has 0 aromatic heterocycles. The van der Waals surface area contributed by atoms with E-state index in [0.717, 1.165) is 33.4 Å². The average molecular weight is 364 g/mol. The molecule has 0 atom stereocenters. The van der Waals surface area contributed by atoms with Crippen LogP contribution in [0.1, 0.15) is 10.4 Å². The van der Waals surface area contributed by atoms with Crippen molar-refractivity contribution in [3.63, 3.8) is 0 Å². The van der Waals surface area contributed by atoms with Gasteiger partial charge < -0.3 is 4.74 Å². The molecular formula is C26H20O2. The van der Waals surface area contributed by atoms with Crippen LogP contribution in [0.4, 0.5) is 0 Å². The highest BCUT2D eigenvalue weighted by molar-refractivity contribution is 6.08. The Kier molecular flexibility index (Phi) is 5.03. The van der Waals surface area contributed by atoms with Gasteiger partial charge in [0, 0.05) is 5.56 Å². The van der Waals surface area contributed by atoms with E-state index in [1.165, 1.54) is 7.11 Å². The van der Waals surface area contributed by atoms with E-state index in [4.69, 9.17) is 4.74 Å². The second kappa shape index (κ2) is 7.93. The summed E-state index contributed by atoms with van der Waals surface area (Å²) >= 11 is 0. The number of esters is 1. The molecule has 0 heterocycles. The second-order valence-electron chi connectivity index (χ2n) is 6.50. The first kappa shape index (κ1) is 17.7. The molecule has 0 N–H and O–H groups in total. The Bertz CT molecular complexity index is 1090. The van der Waals surface area contributed by atoms with E-state index in [-0.39, 0.29) is 5.97 Å². The molecule has 2 nitrogen and oxygen atoms in total. The van der Waals surface area contributed by atoms with Gasteiger partial charge >= 0.3 is 5.97 Å². The molecule has 0 radical (unpaired) electrons. The molecule has 0 aliphatic carbocycles. The average Bonchev–Trinajstić information content (AvgIpc) is 2.79. The second-order valence-corrected chi connectivity index (χ2v) is 6.50. The molecule has 136 valence electrons. The lowest BCUT2D eigenvalue weighted by molar-refractivity contribution is 0.0602. The van der Waals surface area contributed by atoms with Crippen LogP contribution in [0.15, 0.2) is 103 Å². The summed E-state index contributed by atoms with van der Waals surface area (Å²) in [7, 11) is 1.43. The maximum atomic E-state index is 13.0. The van der Waals surface area contributed by atoms with Gasteiger partial charge in [0.1, 0.15) is 0 Å². The van der Waals surface area contributed by atoms with E-state index in [1.807, 2.05) is 84.9 Å². The third kappa shape index (κ3) is 3.33. The molecule has 28 heavy (non-hydrogen) atoms. The number of carbonyl (C=O) groups is 1. The monoisotopic (exact) mass is 364 g/mol. The van der Waals surface area contributed by atoms with Gasteiger partial charge in [0.2, 0.25) is 0 Å². The molecule has 4 aromatic rings. The maximum absolute atomic E-state index is 13.0. The number of ether oxygens (including phenoxy) is 1. The van der Waals surface area contributed by atoms with Gasteiger partial charge in [-0.1, -0.05) is 103 Å². The number of rotatable bonds is 4. The lowest BCUT2D eigenvalue weighted by Crippen LogP contribution is -2.07. The minimum atomic E-state index is -0.338. The Morgan fingerprint density at radius 1 is 0.571 bits per heavy atom. The highest BCUT2D eigenvalue weighted by Gasteiger charge is 2.23. The van der Waals surface area contributed by atoms with Crippen molar-refractivity contribution in [1.29, 1.82) is 0 Å². The molecule has 0 saturated heterocycles. The summed E-state index contributed by atoms with van der Waals surface area (Å²) in [4.78, 5) is 13.0. The number of hydrogen-bond acceptors (Lipinski definition) is 2. The quantitative estimate of drug-likeness (QED) is 0.388. The van der Waals surface area contributed by atoms with Gasteiger partial charge in [-0.3, -0.25) is 0 Å². The molecule has 0 aliphatic rings. The van der Waals surface area contributed by atoms with Crippen LogP contribution < -0.4 is 0 Å². The molecule has 4 rings (SSSR count). The van der Waals surface area contributed by atoms with Crippen LogP contribution in [0.3, 0.4) is 0 Å². The van der Waals surface area contributed by atoms with Gasteiger partial charge in [-0.2, -0.15) is 0 Å². The van der Waals surface area contributed by atoms with Gasteiger partial charge in [0.15, 0.2) is 0 Å². The SMILES string of the molecule is COC(=O)c1c(-c2ccccc2)ccc(-c2ccccc2)c1-c1ccccc1. The van der Waals surface area contributed by atoms with Gasteiger partial charge in [-0.25, -0.2) is 4.79 Å². The molecule has 0 saturated carbocycles. The van der Waals surface area contributed by atoms with Crippen LogP contribution in [0.2, 0.25) is 0 Å². The first-order chi connectivity index (χ1) is 13.8.